The smallest absolute Gasteiger partial charge is 0.271 e. The van der Waals surface area contributed by atoms with Crippen LogP contribution in [-0.2, 0) is 4.79 Å². The Balaban J connectivity index is 1.60. The van der Waals surface area contributed by atoms with E-state index in [1.54, 1.807) is 18.2 Å². The topological polar surface area (TPSA) is 67.2 Å². The van der Waals surface area contributed by atoms with E-state index in [-0.39, 0.29) is 16.7 Å². The third-order valence-corrected chi connectivity index (χ3v) is 6.71. The molecule has 1 amide bonds. The Kier molecular flexibility index (Phi) is 8.58. The van der Waals surface area contributed by atoms with Gasteiger partial charge in [0, 0.05) is 36.4 Å². The highest BCUT2D eigenvalue weighted by molar-refractivity contribution is 8.00. The van der Waals surface area contributed by atoms with Crippen LogP contribution in [0.15, 0.2) is 64.4 Å². The molecule has 0 aliphatic carbocycles. The summed E-state index contributed by atoms with van der Waals surface area (Å²) in [5, 5.41) is 8.23. The molecule has 1 heterocycles. The zero-order chi connectivity index (χ0) is 24.0. The quantitative estimate of drug-likeness (QED) is 0.449. The van der Waals surface area contributed by atoms with Gasteiger partial charge in [0.2, 0.25) is 5.91 Å². The van der Waals surface area contributed by atoms with Crippen molar-refractivity contribution in [1.82, 2.24) is 15.1 Å². The Morgan fingerprint density at radius 1 is 1.18 bits per heavy atom. The number of likely N-dealkylation sites (N-methyl/N-ethyl adjacent to an activating group) is 1. The van der Waals surface area contributed by atoms with Gasteiger partial charge in [-0.15, -0.1) is 0 Å². The average molecular weight is 485 g/mol. The van der Waals surface area contributed by atoms with E-state index in [0.717, 1.165) is 24.3 Å². The summed E-state index contributed by atoms with van der Waals surface area (Å²) >= 11 is 7.51. The number of aryl methyl sites for hydroxylation is 2. The Morgan fingerprint density at radius 3 is 2.67 bits per heavy atom. The Hall–Kier alpha value is -2.77. The first-order valence-corrected chi connectivity index (χ1v) is 12.2. The van der Waals surface area contributed by atoms with Gasteiger partial charge in [-0.05, 0) is 69.2 Å². The number of nitrogens with one attached hydrogen (secondary N) is 1. The van der Waals surface area contributed by atoms with E-state index in [9.17, 15) is 9.59 Å². The first-order valence-electron chi connectivity index (χ1n) is 10.9. The van der Waals surface area contributed by atoms with Crippen LogP contribution in [0.2, 0.25) is 5.02 Å². The molecule has 0 aliphatic rings. The van der Waals surface area contributed by atoms with E-state index in [4.69, 9.17) is 11.6 Å². The number of carbonyl (C=O) groups is 1. The number of thioether (sulfide) groups is 1. The lowest BCUT2D eigenvalue weighted by atomic mass is 10.2. The van der Waals surface area contributed by atoms with Crippen LogP contribution >= 0.6 is 23.4 Å². The van der Waals surface area contributed by atoms with Gasteiger partial charge in [0.15, 0.2) is 0 Å². The Morgan fingerprint density at radius 2 is 1.97 bits per heavy atom. The number of halogens is 1. The number of aromatic nitrogens is 2. The van der Waals surface area contributed by atoms with Crippen molar-refractivity contribution in [2.45, 2.75) is 38.0 Å². The van der Waals surface area contributed by atoms with E-state index in [0.29, 0.717) is 22.3 Å². The minimum atomic E-state index is -0.362. The Labute approximate surface area is 204 Å². The van der Waals surface area contributed by atoms with Crippen molar-refractivity contribution in [3.05, 3.63) is 81.1 Å². The molecule has 8 heteroatoms. The third-order valence-electron chi connectivity index (χ3n) is 5.27. The molecule has 1 N–H and O–H groups in total. The molecule has 6 nitrogen and oxygen atoms in total. The number of carbonyl (C=O) groups excluding carboxylic acids is 1. The first-order chi connectivity index (χ1) is 15.8. The fraction of sp³-hybridized carbons (Fsp3) is 0.320. The van der Waals surface area contributed by atoms with E-state index < -0.39 is 0 Å². The summed E-state index contributed by atoms with van der Waals surface area (Å²) in [4.78, 5) is 27.2. The van der Waals surface area contributed by atoms with Gasteiger partial charge < -0.3 is 10.2 Å². The molecular formula is C25H29ClN4O2S. The van der Waals surface area contributed by atoms with Crippen LogP contribution in [0.1, 0.15) is 25.0 Å². The maximum atomic E-state index is 12.6. The van der Waals surface area contributed by atoms with Gasteiger partial charge in [-0.3, -0.25) is 9.59 Å². The molecular weight excluding hydrogens is 456 g/mol. The summed E-state index contributed by atoms with van der Waals surface area (Å²) in [5.74, 6) is -0.0711. The second-order valence-corrected chi connectivity index (χ2v) is 9.59. The molecule has 1 atom stereocenters. The monoisotopic (exact) mass is 484 g/mol. The highest BCUT2D eigenvalue weighted by Crippen LogP contribution is 2.22. The number of hydrogen-bond acceptors (Lipinski definition) is 5. The fourth-order valence-electron chi connectivity index (χ4n) is 3.34. The standard InChI is InChI=1S/C25H29ClN4O2S/c1-5-29(20-8-6-7-17(2)15-20)14-13-27-25(32)19(4)33-23-11-12-24(31)30(28-23)21-10-9-18(3)22(26)16-21/h6-12,15-16,19H,5,13-14H2,1-4H3,(H,27,32)/t19-/m0/s1. The largest absolute Gasteiger partial charge is 0.370 e. The van der Waals surface area contributed by atoms with Gasteiger partial charge in [0.1, 0.15) is 5.03 Å². The molecule has 0 aliphatic heterocycles. The van der Waals surface area contributed by atoms with Crippen LogP contribution in [0.3, 0.4) is 0 Å². The number of benzene rings is 2. The molecule has 174 valence electrons. The van der Waals surface area contributed by atoms with Gasteiger partial charge in [-0.1, -0.05) is 41.6 Å². The highest BCUT2D eigenvalue weighted by atomic mass is 35.5. The maximum absolute atomic E-state index is 12.6. The summed E-state index contributed by atoms with van der Waals surface area (Å²) in [6.45, 7) is 10.0. The molecule has 0 unspecified atom stereocenters. The highest BCUT2D eigenvalue weighted by Gasteiger charge is 2.16. The lowest BCUT2D eigenvalue weighted by molar-refractivity contribution is -0.120. The van der Waals surface area contributed by atoms with Crippen molar-refractivity contribution in [3.8, 4) is 5.69 Å². The summed E-state index contributed by atoms with van der Waals surface area (Å²) in [7, 11) is 0. The van der Waals surface area contributed by atoms with Crippen LogP contribution in [0.5, 0.6) is 0 Å². The summed E-state index contributed by atoms with van der Waals surface area (Å²) in [6, 6.07) is 16.8. The van der Waals surface area contributed by atoms with E-state index >= 15 is 0 Å². The molecule has 1 aromatic heterocycles. The van der Waals surface area contributed by atoms with Gasteiger partial charge in [0.25, 0.3) is 5.56 Å². The number of anilines is 1. The molecule has 3 aromatic rings. The summed E-state index contributed by atoms with van der Waals surface area (Å²) < 4.78 is 1.30. The SMILES string of the molecule is CCN(CCNC(=O)[C@H](C)Sc1ccc(=O)n(-c2ccc(C)c(Cl)c2)n1)c1cccc(C)c1. The number of hydrogen-bond donors (Lipinski definition) is 1. The van der Waals surface area contributed by atoms with Crippen molar-refractivity contribution < 1.29 is 4.79 Å². The normalized spacial score (nSPS) is 11.8. The van der Waals surface area contributed by atoms with Gasteiger partial charge in [0.05, 0.1) is 10.9 Å². The average Bonchev–Trinajstić information content (AvgIpc) is 2.79. The van der Waals surface area contributed by atoms with Crippen LogP contribution in [0.25, 0.3) is 5.69 Å². The number of nitrogens with zero attached hydrogens (tertiary/aromatic N) is 3. The van der Waals surface area contributed by atoms with Crippen LogP contribution in [-0.4, -0.2) is 40.6 Å². The molecule has 2 aromatic carbocycles. The molecule has 0 radical (unpaired) electrons. The van der Waals surface area contributed by atoms with Crippen molar-refractivity contribution in [2.24, 2.45) is 0 Å². The fourth-order valence-corrected chi connectivity index (χ4v) is 4.35. The van der Waals surface area contributed by atoms with Crippen LogP contribution in [0.4, 0.5) is 5.69 Å². The van der Waals surface area contributed by atoms with E-state index in [1.807, 2.05) is 26.0 Å². The molecule has 0 fully saturated rings. The molecule has 0 spiro atoms. The number of rotatable bonds is 9. The van der Waals surface area contributed by atoms with Gasteiger partial charge >= 0.3 is 0 Å². The summed E-state index contributed by atoms with van der Waals surface area (Å²) in [6.07, 6.45) is 0. The maximum Gasteiger partial charge on any atom is 0.271 e. The van der Waals surface area contributed by atoms with Crippen molar-refractivity contribution in [2.75, 3.05) is 24.5 Å². The zero-order valence-corrected chi connectivity index (χ0v) is 20.9. The van der Waals surface area contributed by atoms with E-state index in [2.05, 4.69) is 47.4 Å². The van der Waals surface area contributed by atoms with Crippen molar-refractivity contribution in [3.63, 3.8) is 0 Å². The number of amides is 1. The predicted octanol–water partition coefficient (Wildman–Crippen LogP) is 4.63. The molecule has 33 heavy (non-hydrogen) atoms. The molecule has 0 saturated heterocycles. The second-order valence-electron chi connectivity index (χ2n) is 7.82. The molecule has 3 rings (SSSR count). The van der Waals surface area contributed by atoms with Gasteiger partial charge in [-0.25, -0.2) is 0 Å². The molecule has 0 saturated carbocycles. The minimum Gasteiger partial charge on any atom is -0.370 e. The lowest BCUT2D eigenvalue weighted by Crippen LogP contribution is -2.38. The predicted molar refractivity (Wildman–Crippen MR) is 137 cm³/mol. The van der Waals surface area contributed by atoms with Crippen molar-refractivity contribution >= 4 is 35.0 Å². The minimum absolute atomic E-state index is 0.0711. The summed E-state index contributed by atoms with van der Waals surface area (Å²) in [5.41, 5.74) is 3.62. The van der Waals surface area contributed by atoms with Crippen LogP contribution in [0, 0.1) is 13.8 Å². The lowest BCUT2D eigenvalue weighted by Gasteiger charge is -2.24. The van der Waals surface area contributed by atoms with E-state index in [1.165, 1.54) is 28.1 Å². The second kappa shape index (κ2) is 11.4. The molecule has 0 bridgehead atoms. The van der Waals surface area contributed by atoms with Gasteiger partial charge in [-0.2, -0.15) is 9.78 Å². The van der Waals surface area contributed by atoms with Crippen molar-refractivity contribution in [1.29, 1.82) is 0 Å². The third kappa shape index (κ3) is 6.62. The van der Waals surface area contributed by atoms with Crippen LogP contribution < -0.4 is 15.8 Å². The first kappa shape index (κ1) is 24.9. The zero-order valence-electron chi connectivity index (χ0n) is 19.3. The Bertz CT molecular complexity index is 1180.